The van der Waals surface area contributed by atoms with Crippen LogP contribution in [0, 0.1) is 24.2 Å². The van der Waals surface area contributed by atoms with Crippen molar-refractivity contribution in [2.24, 2.45) is 5.92 Å². The predicted octanol–water partition coefficient (Wildman–Crippen LogP) is 2.27. The van der Waals surface area contributed by atoms with Crippen molar-refractivity contribution in [3.8, 4) is 11.8 Å². The monoisotopic (exact) mass is 479 g/mol. The lowest BCUT2D eigenvalue weighted by atomic mass is 9.76. The molecule has 9 heteroatoms. The van der Waals surface area contributed by atoms with Crippen LogP contribution in [0.2, 0.25) is 0 Å². The summed E-state index contributed by atoms with van der Waals surface area (Å²) in [6, 6.07) is 19.0. The highest BCUT2D eigenvalue weighted by Gasteiger charge is 2.26. The zero-order chi connectivity index (χ0) is 25.6. The maximum absolute atomic E-state index is 12.0. The highest BCUT2D eigenvalue weighted by molar-refractivity contribution is 6.43. The van der Waals surface area contributed by atoms with Gasteiger partial charge in [0.25, 0.3) is 0 Å². The third-order valence-corrected chi connectivity index (χ3v) is 5.62. The van der Waals surface area contributed by atoms with Gasteiger partial charge in [-0.1, -0.05) is 49.4 Å². The number of rotatable bonds is 10. The van der Waals surface area contributed by atoms with E-state index in [0.717, 1.165) is 30.6 Å². The number of nitrogens with zero attached hydrogens (tertiary/aromatic N) is 2. The quantitative estimate of drug-likeness (QED) is 0.450. The molecule has 2 atom stereocenters. The summed E-state index contributed by atoms with van der Waals surface area (Å²) < 4.78 is 5.53. The van der Waals surface area contributed by atoms with Gasteiger partial charge in [-0.2, -0.15) is 5.26 Å². The van der Waals surface area contributed by atoms with Crippen molar-refractivity contribution in [2.45, 2.75) is 45.5 Å². The first kappa shape index (κ1) is 27.9. The highest BCUT2D eigenvalue weighted by Crippen LogP contribution is 2.13. The minimum absolute atomic E-state index is 0.0150. The molecule has 0 radical (unpaired) electrons. The lowest BCUT2D eigenvalue weighted by molar-refractivity contribution is -0.137. The Morgan fingerprint density at radius 2 is 1.89 bits per heavy atom. The van der Waals surface area contributed by atoms with E-state index in [4.69, 9.17) is 10.00 Å². The van der Waals surface area contributed by atoms with Crippen LogP contribution >= 0.6 is 0 Å². The molecule has 2 aromatic rings. The molecule has 0 saturated carbocycles. The van der Waals surface area contributed by atoms with Crippen LogP contribution in [0.4, 0.5) is 0 Å². The number of carbonyl (C=O) groups excluding carboxylic acids is 2. The molecule has 2 aromatic carbocycles. The largest absolute Gasteiger partial charge is 0.493 e. The molecule has 3 rings (SSSR count). The average Bonchev–Trinajstić information content (AvgIpc) is 2.79. The van der Waals surface area contributed by atoms with Crippen LogP contribution in [-0.2, 0) is 16.0 Å². The van der Waals surface area contributed by atoms with E-state index in [0.29, 0.717) is 18.6 Å². The first-order valence-corrected chi connectivity index (χ1v) is 11.9. The van der Waals surface area contributed by atoms with Gasteiger partial charge in [0, 0.05) is 13.1 Å². The van der Waals surface area contributed by atoms with Gasteiger partial charge in [0.05, 0.1) is 25.0 Å². The van der Waals surface area contributed by atoms with Crippen molar-refractivity contribution >= 4 is 18.9 Å². The zero-order valence-electron chi connectivity index (χ0n) is 20.4. The van der Waals surface area contributed by atoms with Gasteiger partial charge < -0.3 is 25.0 Å². The number of likely N-dealkylation sites (tertiary alicyclic amines) is 1. The van der Waals surface area contributed by atoms with Crippen LogP contribution in [0.15, 0.2) is 54.6 Å². The number of nitriles is 1. The molecule has 186 valence electrons. The number of hydrogen-bond donors (Lipinski definition) is 3. The normalized spacial score (nSPS) is 13.7. The Morgan fingerprint density at radius 3 is 2.43 bits per heavy atom. The van der Waals surface area contributed by atoms with Crippen LogP contribution in [0.3, 0.4) is 0 Å². The van der Waals surface area contributed by atoms with Crippen molar-refractivity contribution in [2.75, 3.05) is 19.7 Å². The van der Waals surface area contributed by atoms with Crippen molar-refractivity contribution in [1.82, 2.24) is 10.2 Å². The third kappa shape index (κ3) is 9.81. The van der Waals surface area contributed by atoms with E-state index in [9.17, 15) is 19.6 Å². The van der Waals surface area contributed by atoms with E-state index >= 15 is 0 Å². The second-order valence-corrected chi connectivity index (χ2v) is 8.46. The molecule has 3 N–H and O–H groups in total. The van der Waals surface area contributed by atoms with Crippen LogP contribution in [0.1, 0.15) is 37.3 Å². The summed E-state index contributed by atoms with van der Waals surface area (Å²) in [6.07, 6.45) is 2.22. The van der Waals surface area contributed by atoms with E-state index in [2.05, 4.69) is 5.32 Å². The first-order chi connectivity index (χ1) is 16.8. The fraction of sp³-hybridized carbons (Fsp3) is 0.423. The summed E-state index contributed by atoms with van der Waals surface area (Å²) in [5, 5.41) is 30.1. The standard InChI is InChI=1S/C18H22BNO4.C8H12N2O/c1-14-6-5-9-16(12-14)24-11-10-18(21)20-17(19(22)23)13-15-7-3-2-4-8-15;1-2-7(6-9)8(11)10-4-3-5-10/h2-9,12,17,22-23H,10-11,13H2,1H3,(H,20,21);7H,2-5H2,1H3. The van der Waals surface area contributed by atoms with Gasteiger partial charge in [0.2, 0.25) is 11.8 Å². The van der Waals surface area contributed by atoms with Gasteiger partial charge in [0.1, 0.15) is 11.7 Å². The maximum Gasteiger partial charge on any atom is 0.475 e. The number of aryl methyl sites for hydroxylation is 1. The molecule has 2 amide bonds. The van der Waals surface area contributed by atoms with E-state index in [1.807, 2.05) is 74.5 Å². The summed E-state index contributed by atoms with van der Waals surface area (Å²) in [4.78, 5) is 25.0. The fourth-order valence-electron chi connectivity index (χ4n) is 3.42. The van der Waals surface area contributed by atoms with E-state index in [1.54, 1.807) is 4.90 Å². The third-order valence-electron chi connectivity index (χ3n) is 5.62. The molecule has 8 nitrogen and oxygen atoms in total. The van der Waals surface area contributed by atoms with Crippen molar-refractivity contribution in [1.29, 1.82) is 5.26 Å². The molecular formula is C26H34BN3O5. The first-order valence-electron chi connectivity index (χ1n) is 11.9. The minimum Gasteiger partial charge on any atom is -0.493 e. The number of nitrogens with one attached hydrogen (secondary N) is 1. The summed E-state index contributed by atoms with van der Waals surface area (Å²) >= 11 is 0. The molecule has 0 bridgehead atoms. The van der Waals surface area contributed by atoms with Gasteiger partial charge in [-0.3, -0.25) is 9.59 Å². The lowest BCUT2D eigenvalue weighted by Crippen LogP contribution is -2.48. The topological polar surface area (TPSA) is 123 Å². The van der Waals surface area contributed by atoms with Gasteiger partial charge in [0.15, 0.2) is 0 Å². The number of benzene rings is 2. The molecule has 2 unspecified atom stereocenters. The molecule has 0 aliphatic carbocycles. The molecule has 1 aliphatic rings. The van der Waals surface area contributed by atoms with Crippen molar-refractivity contribution < 1.29 is 24.4 Å². The second-order valence-electron chi connectivity index (χ2n) is 8.46. The minimum atomic E-state index is -1.62. The Morgan fingerprint density at radius 1 is 1.17 bits per heavy atom. The van der Waals surface area contributed by atoms with Crippen LogP contribution in [-0.4, -0.2) is 59.5 Å². The summed E-state index contributed by atoms with van der Waals surface area (Å²) in [6.45, 7) is 5.75. The summed E-state index contributed by atoms with van der Waals surface area (Å²) in [7, 11) is -1.62. The van der Waals surface area contributed by atoms with Gasteiger partial charge >= 0.3 is 7.12 Å². The molecular weight excluding hydrogens is 445 g/mol. The molecule has 1 saturated heterocycles. The molecule has 1 heterocycles. The summed E-state index contributed by atoms with van der Waals surface area (Å²) in [5.74, 6) is -0.710. The van der Waals surface area contributed by atoms with Gasteiger partial charge in [-0.25, -0.2) is 0 Å². The fourth-order valence-corrected chi connectivity index (χ4v) is 3.42. The predicted molar refractivity (Wildman–Crippen MR) is 134 cm³/mol. The SMILES string of the molecule is CCC(C#N)C(=O)N1CCC1.Cc1cccc(OCCC(=O)NC(Cc2ccccc2)B(O)O)c1. The Bertz CT molecular complexity index is 976. The molecule has 0 aromatic heterocycles. The van der Waals surface area contributed by atoms with Crippen molar-refractivity contribution in [3.63, 3.8) is 0 Å². The second kappa shape index (κ2) is 14.8. The average molecular weight is 479 g/mol. The smallest absolute Gasteiger partial charge is 0.475 e. The Hall–Kier alpha value is -3.35. The molecule has 1 aliphatic heterocycles. The van der Waals surface area contributed by atoms with E-state index in [-0.39, 0.29) is 24.8 Å². The maximum atomic E-state index is 12.0. The van der Waals surface area contributed by atoms with Crippen molar-refractivity contribution in [3.05, 3.63) is 65.7 Å². The van der Waals surface area contributed by atoms with Gasteiger partial charge in [-0.15, -0.1) is 0 Å². The molecule has 1 fully saturated rings. The Labute approximate surface area is 207 Å². The number of carbonyl (C=O) groups is 2. The van der Waals surface area contributed by atoms with Crippen LogP contribution in [0.25, 0.3) is 0 Å². The number of ether oxygens (including phenoxy) is 1. The van der Waals surface area contributed by atoms with Crippen LogP contribution in [0.5, 0.6) is 5.75 Å². The van der Waals surface area contributed by atoms with E-state index < -0.39 is 19.0 Å². The lowest BCUT2D eigenvalue weighted by Gasteiger charge is -2.32. The Balaban J connectivity index is 0.000000328. The number of hydrogen-bond acceptors (Lipinski definition) is 6. The van der Waals surface area contributed by atoms with Crippen LogP contribution < -0.4 is 10.1 Å². The van der Waals surface area contributed by atoms with Gasteiger partial charge in [-0.05, 0) is 49.4 Å². The zero-order valence-corrected chi connectivity index (χ0v) is 20.4. The highest BCUT2D eigenvalue weighted by atomic mass is 16.5. The number of amides is 2. The van der Waals surface area contributed by atoms with E-state index in [1.165, 1.54) is 0 Å². The summed E-state index contributed by atoms with van der Waals surface area (Å²) in [5.41, 5.74) is 2.01. The Kier molecular flexibility index (Phi) is 11.8. The molecule has 0 spiro atoms. The molecule has 35 heavy (non-hydrogen) atoms.